The molecule has 1 aromatic heterocycles. The van der Waals surface area contributed by atoms with E-state index in [1.807, 2.05) is 0 Å². The van der Waals surface area contributed by atoms with Gasteiger partial charge in [0.15, 0.2) is 0 Å². The van der Waals surface area contributed by atoms with Crippen LogP contribution in [0.1, 0.15) is 36.0 Å². The highest BCUT2D eigenvalue weighted by molar-refractivity contribution is 6.07. The average Bonchev–Trinajstić information content (AvgIpc) is 2.96. The standard InChI is InChI=1S/C16H15FN2O3/c17-11-8-10-4-3-7-18-13(10)12(9-11)14(20)19-16(15(21)22)5-1-2-6-16/h3-4,7-9H,1-2,5-6H2,(H,19,20)(H,21,22). The van der Waals surface area contributed by atoms with Crippen LogP contribution in [0.2, 0.25) is 0 Å². The van der Waals surface area contributed by atoms with Gasteiger partial charge in [0.2, 0.25) is 0 Å². The molecular weight excluding hydrogens is 287 g/mol. The maximum Gasteiger partial charge on any atom is 0.329 e. The lowest BCUT2D eigenvalue weighted by Crippen LogP contribution is -2.52. The number of halogens is 1. The Morgan fingerprint density at radius 2 is 2.00 bits per heavy atom. The zero-order chi connectivity index (χ0) is 15.7. The van der Waals surface area contributed by atoms with Crippen LogP contribution in [0.4, 0.5) is 4.39 Å². The molecule has 1 amide bonds. The summed E-state index contributed by atoms with van der Waals surface area (Å²) in [7, 11) is 0. The first-order valence-electron chi connectivity index (χ1n) is 7.12. The van der Waals surface area contributed by atoms with E-state index in [4.69, 9.17) is 0 Å². The SMILES string of the molecule is O=C(NC1(C(=O)O)CCCC1)c1cc(F)cc2cccnc12. The third kappa shape index (κ3) is 2.41. The van der Waals surface area contributed by atoms with E-state index in [1.54, 1.807) is 12.1 Å². The Hall–Kier alpha value is -2.50. The van der Waals surface area contributed by atoms with Crippen LogP contribution < -0.4 is 5.32 Å². The number of carbonyl (C=O) groups is 2. The molecule has 0 atom stereocenters. The maximum atomic E-state index is 13.7. The number of hydrogen-bond acceptors (Lipinski definition) is 3. The van der Waals surface area contributed by atoms with Gasteiger partial charge in [0.05, 0.1) is 11.1 Å². The van der Waals surface area contributed by atoms with Crippen molar-refractivity contribution in [2.24, 2.45) is 0 Å². The summed E-state index contributed by atoms with van der Waals surface area (Å²) in [6.07, 6.45) is 3.77. The molecular formula is C16H15FN2O3. The molecule has 1 saturated carbocycles. The molecule has 22 heavy (non-hydrogen) atoms. The second-order valence-corrected chi connectivity index (χ2v) is 5.58. The summed E-state index contributed by atoms with van der Waals surface area (Å²) in [4.78, 5) is 28.1. The fourth-order valence-electron chi connectivity index (χ4n) is 2.98. The van der Waals surface area contributed by atoms with Gasteiger partial charge in [0, 0.05) is 11.6 Å². The van der Waals surface area contributed by atoms with Crippen LogP contribution in [-0.2, 0) is 4.79 Å². The third-order valence-electron chi connectivity index (χ3n) is 4.13. The number of pyridine rings is 1. The van der Waals surface area contributed by atoms with E-state index < -0.39 is 23.2 Å². The third-order valence-corrected chi connectivity index (χ3v) is 4.13. The molecule has 0 aliphatic heterocycles. The van der Waals surface area contributed by atoms with Gasteiger partial charge in [-0.1, -0.05) is 18.9 Å². The first-order chi connectivity index (χ1) is 10.5. The van der Waals surface area contributed by atoms with Gasteiger partial charge in [-0.2, -0.15) is 0 Å². The molecule has 2 N–H and O–H groups in total. The van der Waals surface area contributed by atoms with Crippen molar-refractivity contribution >= 4 is 22.8 Å². The predicted molar refractivity (Wildman–Crippen MR) is 78.0 cm³/mol. The lowest BCUT2D eigenvalue weighted by Gasteiger charge is -2.25. The lowest BCUT2D eigenvalue weighted by molar-refractivity contribution is -0.144. The van der Waals surface area contributed by atoms with E-state index in [0.717, 1.165) is 18.9 Å². The Morgan fingerprint density at radius 1 is 1.27 bits per heavy atom. The molecule has 0 radical (unpaired) electrons. The second-order valence-electron chi connectivity index (χ2n) is 5.58. The first kappa shape index (κ1) is 14.4. The molecule has 114 valence electrons. The van der Waals surface area contributed by atoms with Crippen molar-refractivity contribution in [3.8, 4) is 0 Å². The van der Waals surface area contributed by atoms with E-state index in [9.17, 15) is 19.1 Å². The summed E-state index contributed by atoms with van der Waals surface area (Å²) in [5, 5.41) is 12.5. The first-order valence-corrected chi connectivity index (χ1v) is 7.12. The summed E-state index contributed by atoms with van der Waals surface area (Å²) in [5.74, 6) is -2.21. The molecule has 1 aliphatic carbocycles. The summed E-state index contributed by atoms with van der Waals surface area (Å²) < 4.78 is 13.7. The van der Waals surface area contributed by atoms with Crippen molar-refractivity contribution in [2.45, 2.75) is 31.2 Å². The Bertz CT molecular complexity index is 754. The van der Waals surface area contributed by atoms with Crippen LogP contribution in [0.5, 0.6) is 0 Å². The minimum absolute atomic E-state index is 0.0584. The van der Waals surface area contributed by atoms with Crippen LogP contribution in [-0.4, -0.2) is 27.5 Å². The van der Waals surface area contributed by atoms with Crippen LogP contribution in [0.15, 0.2) is 30.5 Å². The zero-order valence-electron chi connectivity index (χ0n) is 11.8. The highest BCUT2D eigenvalue weighted by Crippen LogP contribution is 2.30. The minimum atomic E-state index is -1.26. The Balaban J connectivity index is 2.00. The number of aliphatic carboxylic acids is 1. The molecule has 1 fully saturated rings. The largest absolute Gasteiger partial charge is 0.480 e. The van der Waals surface area contributed by atoms with Crippen molar-refractivity contribution in [2.75, 3.05) is 0 Å². The minimum Gasteiger partial charge on any atom is -0.480 e. The number of fused-ring (bicyclic) bond motifs is 1. The summed E-state index contributed by atoms with van der Waals surface area (Å²) >= 11 is 0. The fourth-order valence-corrected chi connectivity index (χ4v) is 2.98. The molecule has 0 saturated heterocycles. The highest BCUT2D eigenvalue weighted by atomic mass is 19.1. The Kier molecular flexibility index (Phi) is 3.52. The Labute approximate surface area is 126 Å². The van der Waals surface area contributed by atoms with Gasteiger partial charge < -0.3 is 10.4 Å². The lowest BCUT2D eigenvalue weighted by atomic mass is 9.97. The smallest absolute Gasteiger partial charge is 0.329 e. The molecule has 0 unspecified atom stereocenters. The van der Waals surface area contributed by atoms with Crippen LogP contribution in [0, 0.1) is 5.82 Å². The quantitative estimate of drug-likeness (QED) is 0.913. The Morgan fingerprint density at radius 3 is 2.68 bits per heavy atom. The van der Waals surface area contributed by atoms with Crippen LogP contribution in [0.25, 0.3) is 10.9 Å². The van der Waals surface area contributed by atoms with Gasteiger partial charge in [-0.15, -0.1) is 0 Å². The van der Waals surface area contributed by atoms with Gasteiger partial charge in [-0.05, 0) is 31.0 Å². The van der Waals surface area contributed by atoms with Gasteiger partial charge in [0.1, 0.15) is 11.4 Å². The van der Waals surface area contributed by atoms with Gasteiger partial charge in [-0.25, -0.2) is 9.18 Å². The average molecular weight is 302 g/mol. The van der Waals surface area contributed by atoms with Crippen LogP contribution >= 0.6 is 0 Å². The van der Waals surface area contributed by atoms with Crippen molar-refractivity contribution in [3.05, 3.63) is 41.8 Å². The number of amides is 1. The normalized spacial score (nSPS) is 16.6. The number of rotatable bonds is 3. The molecule has 6 heteroatoms. The molecule has 0 spiro atoms. The number of aromatic nitrogens is 1. The van der Waals surface area contributed by atoms with E-state index in [-0.39, 0.29) is 5.56 Å². The van der Waals surface area contributed by atoms with Crippen molar-refractivity contribution < 1.29 is 19.1 Å². The van der Waals surface area contributed by atoms with E-state index in [2.05, 4.69) is 10.3 Å². The molecule has 1 heterocycles. The highest BCUT2D eigenvalue weighted by Gasteiger charge is 2.43. The van der Waals surface area contributed by atoms with Gasteiger partial charge in [-0.3, -0.25) is 9.78 Å². The number of nitrogens with zero attached hydrogens (tertiary/aromatic N) is 1. The molecule has 2 aromatic rings. The molecule has 0 bridgehead atoms. The van der Waals surface area contributed by atoms with Gasteiger partial charge >= 0.3 is 5.97 Å². The number of nitrogens with one attached hydrogen (secondary N) is 1. The summed E-state index contributed by atoms with van der Waals surface area (Å²) in [5.41, 5.74) is -0.840. The van der Waals surface area contributed by atoms with Crippen molar-refractivity contribution in [3.63, 3.8) is 0 Å². The summed E-state index contributed by atoms with van der Waals surface area (Å²) in [6, 6.07) is 5.70. The van der Waals surface area contributed by atoms with E-state index in [1.165, 1.54) is 12.3 Å². The number of benzene rings is 1. The predicted octanol–water partition coefficient (Wildman–Crippen LogP) is 2.50. The van der Waals surface area contributed by atoms with E-state index in [0.29, 0.717) is 23.7 Å². The van der Waals surface area contributed by atoms with E-state index >= 15 is 0 Å². The zero-order valence-corrected chi connectivity index (χ0v) is 11.8. The second kappa shape index (κ2) is 5.36. The van der Waals surface area contributed by atoms with Crippen LogP contribution in [0.3, 0.4) is 0 Å². The summed E-state index contributed by atoms with van der Waals surface area (Å²) in [6.45, 7) is 0. The van der Waals surface area contributed by atoms with Crippen molar-refractivity contribution in [1.29, 1.82) is 0 Å². The van der Waals surface area contributed by atoms with Gasteiger partial charge in [0.25, 0.3) is 5.91 Å². The number of carboxylic acids is 1. The number of carboxylic acid groups (broad SMARTS) is 1. The topological polar surface area (TPSA) is 79.3 Å². The molecule has 1 aliphatic rings. The molecule has 1 aromatic carbocycles. The molecule has 3 rings (SSSR count). The number of carbonyl (C=O) groups excluding carboxylic acids is 1. The van der Waals surface area contributed by atoms with Crippen molar-refractivity contribution in [1.82, 2.24) is 10.3 Å². The molecule has 5 nitrogen and oxygen atoms in total. The maximum absolute atomic E-state index is 13.7. The number of hydrogen-bond donors (Lipinski definition) is 2. The monoisotopic (exact) mass is 302 g/mol. The fraction of sp³-hybridized carbons (Fsp3) is 0.312.